The van der Waals surface area contributed by atoms with Crippen molar-refractivity contribution in [2.45, 2.75) is 18.9 Å². The SMILES string of the molecule is COc1ccc(C)c2c1NCC2C(N)CO. The lowest BCUT2D eigenvalue weighted by atomic mass is 9.91. The van der Waals surface area contributed by atoms with Crippen molar-refractivity contribution >= 4 is 5.69 Å². The molecule has 0 saturated carbocycles. The van der Waals surface area contributed by atoms with Gasteiger partial charge in [0.05, 0.1) is 19.4 Å². The lowest BCUT2D eigenvalue weighted by molar-refractivity contribution is 0.252. The van der Waals surface area contributed by atoms with E-state index in [4.69, 9.17) is 15.6 Å². The Morgan fingerprint density at radius 2 is 2.38 bits per heavy atom. The average molecular weight is 222 g/mol. The van der Waals surface area contributed by atoms with E-state index in [1.807, 2.05) is 12.1 Å². The van der Waals surface area contributed by atoms with Crippen molar-refractivity contribution in [3.05, 3.63) is 23.3 Å². The van der Waals surface area contributed by atoms with Gasteiger partial charge in [-0.25, -0.2) is 0 Å². The maximum atomic E-state index is 9.15. The quantitative estimate of drug-likeness (QED) is 0.708. The minimum atomic E-state index is -0.223. The number of hydrogen-bond donors (Lipinski definition) is 3. The minimum absolute atomic E-state index is 0.00242. The van der Waals surface area contributed by atoms with Crippen molar-refractivity contribution < 1.29 is 9.84 Å². The fraction of sp³-hybridized carbons (Fsp3) is 0.500. The zero-order valence-electron chi connectivity index (χ0n) is 9.66. The van der Waals surface area contributed by atoms with Gasteiger partial charge >= 0.3 is 0 Å². The molecule has 1 aliphatic rings. The first-order chi connectivity index (χ1) is 7.69. The van der Waals surface area contributed by atoms with Gasteiger partial charge in [-0.15, -0.1) is 0 Å². The Morgan fingerprint density at radius 3 is 3.00 bits per heavy atom. The van der Waals surface area contributed by atoms with Gasteiger partial charge < -0.3 is 20.9 Å². The third-order valence-corrected chi connectivity index (χ3v) is 3.24. The molecule has 16 heavy (non-hydrogen) atoms. The number of ether oxygens (including phenoxy) is 1. The highest BCUT2D eigenvalue weighted by molar-refractivity contribution is 5.69. The third-order valence-electron chi connectivity index (χ3n) is 3.24. The van der Waals surface area contributed by atoms with Gasteiger partial charge in [-0.3, -0.25) is 0 Å². The smallest absolute Gasteiger partial charge is 0.142 e. The Balaban J connectivity index is 2.45. The van der Waals surface area contributed by atoms with E-state index in [-0.39, 0.29) is 18.6 Å². The molecule has 4 nitrogen and oxygen atoms in total. The topological polar surface area (TPSA) is 67.5 Å². The first-order valence-corrected chi connectivity index (χ1v) is 5.46. The van der Waals surface area contributed by atoms with Crippen LogP contribution in [0.3, 0.4) is 0 Å². The zero-order chi connectivity index (χ0) is 11.7. The van der Waals surface area contributed by atoms with Crippen molar-refractivity contribution in [3.8, 4) is 5.75 Å². The van der Waals surface area contributed by atoms with Gasteiger partial charge in [0.1, 0.15) is 5.75 Å². The molecule has 2 atom stereocenters. The molecule has 0 spiro atoms. The largest absolute Gasteiger partial charge is 0.495 e. The summed E-state index contributed by atoms with van der Waals surface area (Å²) in [6, 6.07) is 3.76. The number of aliphatic hydroxyl groups excluding tert-OH is 1. The maximum absolute atomic E-state index is 9.15. The first-order valence-electron chi connectivity index (χ1n) is 5.46. The van der Waals surface area contributed by atoms with Crippen LogP contribution in [0.25, 0.3) is 0 Å². The third kappa shape index (κ3) is 1.64. The van der Waals surface area contributed by atoms with Gasteiger partial charge in [-0.1, -0.05) is 6.07 Å². The molecule has 1 aromatic rings. The highest BCUT2D eigenvalue weighted by Gasteiger charge is 2.30. The summed E-state index contributed by atoms with van der Waals surface area (Å²) >= 11 is 0. The maximum Gasteiger partial charge on any atom is 0.142 e. The summed E-state index contributed by atoms with van der Waals surface area (Å²) in [6.07, 6.45) is 0. The fourth-order valence-corrected chi connectivity index (χ4v) is 2.34. The van der Waals surface area contributed by atoms with Gasteiger partial charge in [0.25, 0.3) is 0 Å². The van der Waals surface area contributed by atoms with E-state index in [2.05, 4.69) is 12.2 Å². The molecule has 2 rings (SSSR count). The van der Waals surface area contributed by atoms with E-state index in [9.17, 15) is 0 Å². The molecule has 0 amide bonds. The van der Waals surface area contributed by atoms with Crippen molar-refractivity contribution in [3.63, 3.8) is 0 Å². The van der Waals surface area contributed by atoms with Crippen molar-refractivity contribution in [1.82, 2.24) is 0 Å². The van der Waals surface area contributed by atoms with E-state index in [0.717, 1.165) is 18.0 Å². The molecule has 2 unspecified atom stereocenters. The second-order valence-corrected chi connectivity index (χ2v) is 4.21. The number of nitrogens with two attached hydrogens (primary N) is 1. The Labute approximate surface area is 95.4 Å². The van der Waals surface area contributed by atoms with E-state index < -0.39 is 0 Å². The van der Waals surface area contributed by atoms with Crippen LogP contribution in [0.4, 0.5) is 5.69 Å². The minimum Gasteiger partial charge on any atom is -0.495 e. The highest BCUT2D eigenvalue weighted by atomic mass is 16.5. The standard InChI is InChI=1S/C12H18N2O2/c1-7-3-4-10(16-2)12-11(7)8(5-14-12)9(13)6-15/h3-4,8-9,14-15H,5-6,13H2,1-2H3. The number of aliphatic hydroxyl groups is 1. The van der Waals surface area contributed by atoms with Crippen LogP contribution in [0.2, 0.25) is 0 Å². The lowest BCUT2D eigenvalue weighted by Gasteiger charge is -2.18. The van der Waals surface area contributed by atoms with Crippen LogP contribution in [-0.2, 0) is 0 Å². The predicted molar refractivity (Wildman–Crippen MR) is 64.0 cm³/mol. The summed E-state index contributed by atoms with van der Waals surface area (Å²) < 4.78 is 5.31. The Morgan fingerprint density at radius 1 is 1.62 bits per heavy atom. The summed E-state index contributed by atoms with van der Waals surface area (Å²) in [4.78, 5) is 0. The van der Waals surface area contributed by atoms with Gasteiger partial charge in [-0.2, -0.15) is 0 Å². The van der Waals surface area contributed by atoms with Gasteiger partial charge in [0.15, 0.2) is 0 Å². The summed E-state index contributed by atoms with van der Waals surface area (Å²) in [5.74, 6) is 1.00. The Kier molecular flexibility index (Phi) is 3.03. The summed E-state index contributed by atoms with van der Waals surface area (Å²) in [7, 11) is 1.66. The predicted octanol–water partition coefficient (Wildman–Crippen LogP) is 0.832. The van der Waals surface area contributed by atoms with Crippen LogP contribution >= 0.6 is 0 Å². The number of anilines is 1. The molecule has 0 aromatic heterocycles. The molecule has 88 valence electrons. The van der Waals surface area contributed by atoms with Crippen LogP contribution in [0.5, 0.6) is 5.75 Å². The molecule has 1 aromatic carbocycles. The number of aryl methyl sites for hydroxylation is 1. The molecule has 1 aliphatic heterocycles. The molecule has 0 saturated heterocycles. The van der Waals surface area contributed by atoms with Crippen molar-refractivity contribution in [2.75, 3.05) is 25.6 Å². The average Bonchev–Trinajstić information content (AvgIpc) is 2.74. The van der Waals surface area contributed by atoms with Gasteiger partial charge in [-0.05, 0) is 24.1 Å². The lowest BCUT2D eigenvalue weighted by Crippen LogP contribution is -2.33. The molecular formula is C12H18N2O2. The molecule has 1 heterocycles. The second kappa shape index (κ2) is 4.31. The number of hydrogen-bond acceptors (Lipinski definition) is 4. The van der Waals surface area contributed by atoms with Crippen LogP contribution < -0.4 is 15.8 Å². The number of methoxy groups -OCH3 is 1. The Hall–Kier alpha value is -1.26. The number of benzene rings is 1. The molecular weight excluding hydrogens is 204 g/mol. The second-order valence-electron chi connectivity index (χ2n) is 4.21. The van der Waals surface area contributed by atoms with E-state index in [1.165, 1.54) is 11.1 Å². The van der Waals surface area contributed by atoms with E-state index >= 15 is 0 Å². The monoisotopic (exact) mass is 222 g/mol. The molecule has 4 N–H and O–H groups in total. The zero-order valence-corrected chi connectivity index (χ0v) is 9.66. The fourth-order valence-electron chi connectivity index (χ4n) is 2.34. The van der Waals surface area contributed by atoms with Crippen LogP contribution in [-0.4, -0.2) is 31.4 Å². The van der Waals surface area contributed by atoms with Crippen LogP contribution in [0, 0.1) is 6.92 Å². The summed E-state index contributed by atoms with van der Waals surface area (Å²) in [6.45, 7) is 2.82. The molecule has 0 aliphatic carbocycles. The first kappa shape index (κ1) is 11.2. The van der Waals surface area contributed by atoms with Crippen molar-refractivity contribution in [1.29, 1.82) is 0 Å². The van der Waals surface area contributed by atoms with Crippen LogP contribution in [0.15, 0.2) is 12.1 Å². The highest BCUT2D eigenvalue weighted by Crippen LogP contribution is 2.41. The van der Waals surface area contributed by atoms with Crippen LogP contribution in [0.1, 0.15) is 17.0 Å². The van der Waals surface area contributed by atoms with Gasteiger partial charge in [0, 0.05) is 18.5 Å². The Bertz CT molecular complexity index is 393. The molecule has 4 heteroatoms. The van der Waals surface area contributed by atoms with E-state index in [1.54, 1.807) is 7.11 Å². The van der Waals surface area contributed by atoms with Crippen molar-refractivity contribution in [2.24, 2.45) is 5.73 Å². The normalized spacial score (nSPS) is 20.1. The molecule has 0 bridgehead atoms. The summed E-state index contributed by atoms with van der Waals surface area (Å²) in [5.41, 5.74) is 9.32. The van der Waals surface area contributed by atoms with Gasteiger partial charge in [0.2, 0.25) is 0 Å². The molecule has 0 radical (unpaired) electrons. The summed E-state index contributed by atoms with van der Waals surface area (Å²) in [5, 5.41) is 12.5. The van der Waals surface area contributed by atoms with E-state index in [0.29, 0.717) is 0 Å². The number of fused-ring (bicyclic) bond motifs is 1. The number of rotatable bonds is 3. The molecule has 0 fully saturated rings. The number of nitrogens with one attached hydrogen (secondary N) is 1.